The minimum absolute atomic E-state index is 0.178. The van der Waals surface area contributed by atoms with Crippen molar-refractivity contribution in [2.45, 2.75) is 58.0 Å². The van der Waals surface area contributed by atoms with Gasteiger partial charge >= 0.3 is 0 Å². The van der Waals surface area contributed by atoms with Crippen molar-refractivity contribution in [2.24, 2.45) is 11.7 Å². The van der Waals surface area contributed by atoms with E-state index in [2.05, 4.69) is 49.0 Å². The smallest absolute Gasteiger partial charge is 0.0547 e. The maximum Gasteiger partial charge on any atom is 0.0547 e. The standard InChI is InChI=1S/C17H29N3/c1-4-15-8-10-17(13-18,11-9-15)20(3)12-16-7-5-6-14(2)19-16/h5-7,15H,4,8-13,18H2,1-3H3. The van der Waals surface area contributed by atoms with E-state index in [1.165, 1.54) is 32.1 Å². The highest BCUT2D eigenvalue weighted by molar-refractivity contribution is 5.10. The number of nitrogens with two attached hydrogens (primary N) is 1. The SMILES string of the molecule is CCC1CCC(CN)(N(C)Cc2cccc(C)n2)CC1. The molecule has 2 N–H and O–H groups in total. The number of aromatic nitrogens is 1. The largest absolute Gasteiger partial charge is 0.329 e. The van der Waals surface area contributed by atoms with Crippen molar-refractivity contribution in [2.75, 3.05) is 13.6 Å². The zero-order valence-electron chi connectivity index (χ0n) is 13.2. The Balaban J connectivity index is 2.04. The third-order valence-corrected chi connectivity index (χ3v) is 5.15. The highest BCUT2D eigenvalue weighted by atomic mass is 15.2. The molecule has 1 aromatic rings. The maximum atomic E-state index is 6.15. The summed E-state index contributed by atoms with van der Waals surface area (Å²) in [4.78, 5) is 7.07. The molecule has 1 aliphatic rings. The van der Waals surface area contributed by atoms with E-state index in [4.69, 9.17) is 5.73 Å². The summed E-state index contributed by atoms with van der Waals surface area (Å²) in [5.41, 5.74) is 8.57. The van der Waals surface area contributed by atoms with E-state index in [0.29, 0.717) is 0 Å². The van der Waals surface area contributed by atoms with E-state index in [9.17, 15) is 0 Å². The number of aryl methyl sites for hydroxylation is 1. The molecule has 3 heteroatoms. The van der Waals surface area contributed by atoms with Crippen molar-refractivity contribution in [1.82, 2.24) is 9.88 Å². The fourth-order valence-corrected chi connectivity index (χ4v) is 3.46. The lowest BCUT2D eigenvalue weighted by Crippen LogP contribution is -2.53. The van der Waals surface area contributed by atoms with E-state index < -0.39 is 0 Å². The summed E-state index contributed by atoms with van der Waals surface area (Å²) in [5.74, 6) is 0.903. The van der Waals surface area contributed by atoms with E-state index in [0.717, 1.165) is 30.4 Å². The van der Waals surface area contributed by atoms with Crippen molar-refractivity contribution in [3.8, 4) is 0 Å². The third kappa shape index (κ3) is 3.39. The minimum atomic E-state index is 0.178. The number of hydrogen-bond donors (Lipinski definition) is 1. The van der Waals surface area contributed by atoms with Crippen LogP contribution in [0.2, 0.25) is 0 Å². The lowest BCUT2D eigenvalue weighted by atomic mass is 9.74. The van der Waals surface area contributed by atoms with Crippen LogP contribution in [0, 0.1) is 12.8 Å². The molecular weight excluding hydrogens is 246 g/mol. The Morgan fingerprint density at radius 2 is 2.05 bits per heavy atom. The van der Waals surface area contributed by atoms with Gasteiger partial charge in [0.2, 0.25) is 0 Å². The molecule has 0 radical (unpaired) electrons. The van der Waals surface area contributed by atoms with Gasteiger partial charge in [-0.3, -0.25) is 9.88 Å². The molecule has 1 heterocycles. The molecule has 1 fully saturated rings. The van der Waals surface area contributed by atoms with Gasteiger partial charge in [0.05, 0.1) is 5.69 Å². The molecule has 1 saturated carbocycles. The van der Waals surface area contributed by atoms with Gasteiger partial charge in [-0.05, 0) is 57.7 Å². The van der Waals surface area contributed by atoms with Crippen LogP contribution >= 0.6 is 0 Å². The van der Waals surface area contributed by atoms with Gasteiger partial charge < -0.3 is 5.73 Å². The van der Waals surface area contributed by atoms with Crippen LogP contribution in [0.5, 0.6) is 0 Å². The van der Waals surface area contributed by atoms with Gasteiger partial charge in [0, 0.05) is 24.3 Å². The molecule has 0 saturated heterocycles. The quantitative estimate of drug-likeness (QED) is 0.897. The van der Waals surface area contributed by atoms with Crippen molar-refractivity contribution >= 4 is 0 Å². The summed E-state index contributed by atoms with van der Waals surface area (Å²) in [5, 5.41) is 0. The fourth-order valence-electron chi connectivity index (χ4n) is 3.46. The summed E-state index contributed by atoms with van der Waals surface area (Å²) >= 11 is 0. The van der Waals surface area contributed by atoms with Gasteiger partial charge in [0.25, 0.3) is 0 Å². The Labute approximate surface area is 123 Å². The van der Waals surface area contributed by atoms with Gasteiger partial charge in [-0.25, -0.2) is 0 Å². The predicted octanol–water partition coefficient (Wildman–Crippen LogP) is 3.12. The van der Waals surface area contributed by atoms with E-state index in [1.807, 2.05) is 0 Å². The average molecular weight is 275 g/mol. The third-order valence-electron chi connectivity index (χ3n) is 5.15. The van der Waals surface area contributed by atoms with Gasteiger partial charge in [0.15, 0.2) is 0 Å². The fraction of sp³-hybridized carbons (Fsp3) is 0.706. The van der Waals surface area contributed by atoms with E-state index in [1.54, 1.807) is 0 Å². The molecule has 0 unspecified atom stereocenters. The van der Waals surface area contributed by atoms with Gasteiger partial charge in [0.1, 0.15) is 0 Å². The number of hydrogen-bond acceptors (Lipinski definition) is 3. The zero-order valence-corrected chi connectivity index (χ0v) is 13.2. The first-order valence-corrected chi connectivity index (χ1v) is 7.93. The summed E-state index contributed by atoms with van der Waals surface area (Å²) in [7, 11) is 2.21. The molecule has 3 nitrogen and oxygen atoms in total. The number of nitrogens with zero attached hydrogens (tertiary/aromatic N) is 2. The van der Waals surface area contributed by atoms with E-state index in [-0.39, 0.29) is 5.54 Å². The van der Waals surface area contributed by atoms with Crippen molar-refractivity contribution in [3.63, 3.8) is 0 Å². The monoisotopic (exact) mass is 275 g/mol. The lowest BCUT2D eigenvalue weighted by molar-refractivity contribution is 0.0569. The summed E-state index contributed by atoms with van der Waals surface area (Å²) in [6, 6.07) is 6.26. The first-order valence-electron chi connectivity index (χ1n) is 7.93. The molecule has 1 aromatic heterocycles. The Hall–Kier alpha value is -0.930. The average Bonchev–Trinajstić information content (AvgIpc) is 2.47. The van der Waals surface area contributed by atoms with Gasteiger partial charge in [-0.2, -0.15) is 0 Å². The topological polar surface area (TPSA) is 42.1 Å². The number of pyridine rings is 1. The highest BCUT2D eigenvalue weighted by Gasteiger charge is 2.37. The van der Waals surface area contributed by atoms with Gasteiger partial charge in [-0.1, -0.05) is 19.4 Å². The predicted molar refractivity (Wildman–Crippen MR) is 84.5 cm³/mol. The Kier molecular flexibility index (Phi) is 5.17. The molecule has 1 aliphatic carbocycles. The molecule has 0 atom stereocenters. The summed E-state index contributed by atoms with van der Waals surface area (Å²) in [6.45, 7) is 6.01. The molecule has 0 bridgehead atoms. The second-order valence-corrected chi connectivity index (χ2v) is 6.41. The van der Waals surface area contributed by atoms with E-state index >= 15 is 0 Å². The Bertz CT molecular complexity index is 422. The minimum Gasteiger partial charge on any atom is -0.329 e. The Morgan fingerprint density at radius 1 is 1.35 bits per heavy atom. The van der Waals surface area contributed by atoms with Crippen molar-refractivity contribution in [1.29, 1.82) is 0 Å². The molecule has 0 aromatic carbocycles. The first-order chi connectivity index (χ1) is 9.59. The van der Waals surface area contributed by atoms with Crippen molar-refractivity contribution < 1.29 is 0 Å². The first kappa shape index (κ1) is 15.5. The van der Waals surface area contributed by atoms with Crippen LogP contribution in [0.15, 0.2) is 18.2 Å². The van der Waals surface area contributed by atoms with Crippen LogP contribution in [0.25, 0.3) is 0 Å². The van der Waals surface area contributed by atoms with Crippen LogP contribution in [0.1, 0.15) is 50.4 Å². The molecular formula is C17H29N3. The summed E-state index contributed by atoms with van der Waals surface area (Å²) in [6.07, 6.45) is 6.40. The molecule has 112 valence electrons. The second-order valence-electron chi connectivity index (χ2n) is 6.41. The Morgan fingerprint density at radius 3 is 2.60 bits per heavy atom. The number of rotatable bonds is 5. The number of likely N-dealkylation sites (N-methyl/N-ethyl adjacent to an activating group) is 1. The van der Waals surface area contributed by atoms with Crippen LogP contribution < -0.4 is 5.73 Å². The second kappa shape index (κ2) is 6.68. The highest BCUT2D eigenvalue weighted by Crippen LogP contribution is 2.37. The molecule has 0 spiro atoms. The van der Waals surface area contributed by atoms with Crippen LogP contribution in [-0.2, 0) is 6.54 Å². The zero-order chi connectivity index (χ0) is 14.6. The lowest BCUT2D eigenvalue weighted by Gasteiger charge is -2.46. The molecule has 2 rings (SSSR count). The molecule has 20 heavy (non-hydrogen) atoms. The van der Waals surface area contributed by atoms with Crippen LogP contribution in [0.3, 0.4) is 0 Å². The maximum absolute atomic E-state index is 6.15. The van der Waals surface area contributed by atoms with Crippen LogP contribution in [0.4, 0.5) is 0 Å². The van der Waals surface area contributed by atoms with Crippen molar-refractivity contribution in [3.05, 3.63) is 29.6 Å². The normalized spacial score (nSPS) is 26.9. The van der Waals surface area contributed by atoms with Gasteiger partial charge in [-0.15, -0.1) is 0 Å². The molecule has 0 amide bonds. The van der Waals surface area contributed by atoms with Crippen LogP contribution in [-0.4, -0.2) is 29.0 Å². The molecule has 0 aliphatic heterocycles. The summed E-state index contributed by atoms with van der Waals surface area (Å²) < 4.78 is 0.